The molecule has 6 heteroatoms. The van der Waals surface area contributed by atoms with Gasteiger partial charge in [-0.25, -0.2) is 8.42 Å². The number of hydrogen-bond donors (Lipinski definition) is 2. The standard InChI is InChI=1S/C10H18N2O3S/c13-10(12-5-8-1-2-8)6-11-9-3-4-16(14,15)7-9/h8-9,11H,1-7H2,(H,12,13). The van der Waals surface area contributed by atoms with Gasteiger partial charge >= 0.3 is 0 Å². The first-order valence-corrected chi connectivity index (χ1v) is 7.58. The van der Waals surface area contributed by atoms with Crippen molar-refractivity contribution in [2.45, 2.75) is 25.3 Å². The zero-order chi connectivity index (χ0) is 11.6. The lowest BCUT2D eigenvalue weighted by molar-refractivity contribution is -0.120. The first-order chi connectivity index (χ1) is 7.55. The molecule has 1 unspecified atom stereocenters. The Balaban J connectivity index is 1.61. The van der Waals surface area contributed by atoms with E-state index in [1.165, 1.54) is 12.8 Å². The second kappa shape index (κ2) is 4.71. The van der Waals surface area contributed by atoms with E-state index in [-0.39, 0.29) is 30.0 Å². The van der Waals surface area contributed by atoms with Crippen molar-refractivity contribution in [2.24, 2.45) is 5.92 Å². The number of sulfone groups is 1. The highest BCUT2D eigenvalue weighted by molar-refractivity contribution is 7.91. The lowest BCUT2D eigenvalue weighted by Crippen LogP contribution is -2.40. The third-order valence-corrected chi connectivity index (χ3v) is 4.84. The molecule has 0 aromatic rings. The minimum absolute atomic E-state index is 0.0313. The number of carbonyl (C=O) groups excluding carboxylic acids is 1. The molecule has 2 N–H and O–H groups in total. The first-order valence-electron chi connectivity index (χ1n) is 5.76. The molecule has 1 heterocycles. The van der Waals surface area contributed by atoms with Gasteiger partial charge in [-0.05, 0) is 25.2 Å². The Morgan fingerprint density at radius 3 is 2.56 bits per heavy atom. The van der Waals surface area contributed by atoms with Crippen molar-refractivity contribution >= 4 is 15.7 Å². The highest BCUT2D eigenvalue weighted by atomic mass is 32.2. The summed E-state index contributed by atoms with van der Waals surface area (Å²) in [5.74, 6) is 1.06. The van der Waals surface area contributed by atoms with Crippen molar-refractivity contribution < 1.29 is 13.2 Å². The Morgan fingerprint density at radius 1 is 1.25 bits per heavy atom. The molecule has 2 aliphatic rings. The quantitative estimate of drug-likeness (QED) is 0.672. The Kier molecular flexibility index (Phi) is 3.49. The summed E-state index contributed by atoms with van der Waals surface area (Å²) in [4.78, 5) is 11.4. The fourth-order valence-electron chi connectivity index (χ4n) is 1.84. The van der Waals surface area contributed by atoms with Crippen LogP contribution in [-0.4, -0.2) is 45.0 Å². The van der Waals surface area contributed by atoms with E-state index >= 15 is 0 Å². The van der Waals surface area contributed by atoms with Gasteiger partial charge in [0.2, 0.25) is 5.91 Å². The molecule has 0 radical (unpaired) electrons. The topological polar surface area (TPSA) is 75.3 Å². The number of amides is 1. The van der Waals surface area contributed by atoms with Crippen LogP contribution in [-0.2, 0) is 14.6 Å². The minimum Gasteiger partial charge on any atom is -0.355 e. The molecule has 2 rings (SSSR count). The van der Waals surface area contributed by atoms with E-state index in [1.807, 2.05) is 0 Å². The van der Waals surface area contributed by atoms with Gasteiger partial charge in [-0.15, -0.1) is 0 Å². The van der Waals surface area contributed by atoms with Crippen LogP contribution in [0.15, 0.2) is 0 Å². The van der Waals surface area contributed by atoms with E-state index in [0.29, 0.717) is 12.3 Å². The molecule has 1 aliphatic carbocycles. The van der Waals surface area contributed by atoms with Crippen LogP contribution in [0, 0.1) is 5.92 Å². The van der Waals surface area contributed by atoms with E-state index in [1.54, 1.807) is 0 Å². The number of carbonyl (C=O) groups is 1. The summed E-state index contributed by atoms with van der Waals surface area (Å²) in [5.41, 5.74) is 0. The molecule has 2 fully saturated rings. The van der Waals surface area contributed by atoms with Crippen LogP contribution < -0.4 is 10.6 Å². The molecule has 0 spiro atoms. The fraction of sp³-hybridized carbons (Fsp3) is 0.900. The second-order valence-corrected chi connectivity index (χ2v) is 6.96. The normalized spacial score (nSPS) is 27.9. The van der Waals surface area contributed by atoms with Gasteiger partial charge in [-0.2, -0.15) is 0 Å². The van der Waals surface area contributed by atoms with Gasteiger partial charge < -0.3 is 10.6 Å². The zero-order valence-corrected chi connectivity index (χ0v) is 10.1. The lowest BCUT2D eigenvalue weighted by Gasteiger charge is -2.10. The van der Waals surface area contributed by atoms with Crippen molar-refractivity contribution in [3.63, 3.8) is 0 Å². The van der Waals surface area contributed by atoms with Gasteiger partial charge in [0.15, 0.2) is 9.84 Å². The highest BCUT2D eigenvalue weighted by Crippen LogP contribution is 2.27. The average molecular weight is 246 g/mol. The highest BCUT2D eigenvalue weighted by Gasteiger charge is 2.28. The molecule has 1 amide bonds. The van der Waals surface area contributed by atoms with Crippen LogP contribution in [0.4, 0.5) is 0 Å². The summed E-state index contributed by atoms with van der Waals surface area (Å²) in [7, 11) is -2.85. The monoisotopic (exact) mass is 246 g/mol. The van der Waals surface area contributed by atoms with Crippen LogP contribution in [0.2, 0.25) is 0 Å². The third-order valence-electron chi connectivity index (χ3n) is 3.07. The van der Waals surface area contributed by atoms with E-state index in [0.717, 1.165) is 6.54 Å². The first kappa shape index (κ1) is 11.9. The Morgan fingerprint density at radius 2 is 2.00 bits per heavy atom. The third kappa shape index (κ3) is 3.75. The second-order valence-electron chi connectivity index (χ2n) is 4.73. The molecule has 92 valence electrons. The van der Waals surface area contributed by atoms with Crippen molar-refractivity contribution in [3.05, 3.63) is 0 Å². The maximum atomic E-state index is 11.4. The summed E-state index contributed by atoms with van der Waals surface area (Å²) in [6.07, 6.45) is 3.06. The van der Waals surface area contributed by atoms with Crippen LogP contribution in [0.25, 0.3) is 0 Å². The van der Waals surface area contributed by atoms with Crippen molar-refractivity contribution in [3.8, 4) is 0 Å². The smallest absolute Gasteiger partial charge is 0.233 e. The SMILES string of the molecule is O=C(CNC1CCS(=O)(=O)C1)NCC1CC1. The Hall–Kier alpha value is -0.620. The maximum Gasteiger partial charge on any atom is 0.233 e. The minimum atomic E-state index is -2.85. The van der Waals surface area contributed by atoms with Crippen molar-refractivity contribution in [2.75, 3.05) is 24.6 Å². The molecule has 1 saturated carbocycles. The van der Waals surface area contributed by atoms with Gasteiger partial charge in [0.25, 0.3) is 0 Å². The summed E-state index contributed by atoms with van der Waals surface area (Å²) < 4.78 is 22.3. The molecule has 0 aromatic carbocycles. The van der Waals surface area contributed by atoms with E-state index in [9.17, 15) is 13.2 Å². The summed E-state index contributed by atoms with van der Waals surface area (Å²) >= 11 is 0. The van der Waals surface area contributed by atoms with Gasteiger partial charge in [-0.1, -0.05) is 0 Å². The van der Waals surface area contributed by atoms with Crippen molar-refractivity contribution in [1.82, 2.24) is 10.6 Å². The summed E-state index contributed by atoms with van der Waals surface area (Å²) in [5, 5.41) is 5.83. The van der Waals surface area contributed by atoms with Gasteiger partial charge in [0.05, 0.1) is 18.1 Å². The lowest BCUT2D eigenvalue weighted by atomic mass is 10.2. The molecule has 16 heavy (non-hydrogen) atoms. The molecule has 1 saturated heterocycles. The number of nitrogens with one attached hydrogen (secondary N) is 2. The summed E-state index contributed by atoms with van der Waals surface area (Å²) in [6.45, 7) is 0.996. The molecule has 1 atom stereocenters. The predicted octanol–water partition coefficient (Wildman–Crippen LogP) is -0.711. The molecular formula is C10H18N2O3S. The number of hydrogen-bond acceptors (Lipinski definition) is 4. The fourth-order valence-corrected chi connectivity index (χ4v) is 3.54. The molecular weight excluding hydrogens is 228 g/mol. The molecule has 1 aliphatic heterocycles. The van der Waals surface area contributed by atoms with Crippen LogP contribution >= 0.6 is 0 Å². The average Bonchev–Trinajstić information content (AvgIpc) is 2.97. The summed E-state index contributed by atoms with van der Waals surface area (Å²) in [6, 6.07) is -0.0447. The van der Waals surface area contributed by atoms with Crippen LogP contribution in [0.3, 0.4) is 0 Å². The maximum absolute atomic E-state index is 11.4. The van der Waals surface area contributed by atoms with E-state index in [4.69, 9.17) is 0 Å². The number of rotatable bonds is 5. The Labute approximate surface area is 95.9 Å². The van der Waals surface area contributed by atoms with Gasteiger partial charge in [0.1, 0.15) is 0 Å². The largest absolute Gasteiger partial charge is 0.355 e. The van der Waals surface area contributed by atoms with Crippen LogP contribution in [0.5, 0.6) is 0 Å². The van der Waals surface area contributed by atoms with Gasteiger partial charge in [-0.3, -0.25) is 4.79 Å². The molecule has 0 bridgehead atoms. The van der Waals surface area contributed by atoms with E-state index in [2.05, 4.69) is 10.6 Å². The van der Waals surface area contributed by atoms with Crippen LogP contribution in [0.1, 0.15) is 19.3 Å². The molecule has 0 aromatic heterocycles. The van der Waals surface area contributed by atoms with Crippen molar-refractivity contribution in [1.29, 1.82) is 0 Å². The predicted molar refractivity (Wildman–Crippen MR) is 60.8 cm³/mol. The zero-order valence-electron chi connectivity index (χ0n) is 9.24. The Bertz CT molecular complexity index is 362. The molecule has 5 nitrogen and oxygen atoms in total. The van der Waals surface area contributed by atoms with E-state index < -0.39 is 9.84 Å². The van der Waals surface area contributed by atoms with Gasteiger partial charge in [0, 0.05) is 12.6 Å².